The molecule has 2 aliphatic rings. The third-order valence-electron chi connectivity index (χ3n) is 6.95. The van der Waals surface area contributed by atoms with Gasteiger partial charge in [-0.25, -0.2) is 4.52 Å². The zero-order valence-electron chi connectivity index (χ0n) is 21.3. The molecule has 1 aromatic carbocycles. The van der Waals surface area contributed by atoms with Crippen LogP contribution in [0.5, 0.6) is 11.5 Å². The van der Waals surface area contributed by atoms with Crippen LogP contribution in [0.25, 0.3) is 5.52 Å². The summed E-state index contributed by atoms with van der Waals surface area (Å²) in [6.45, 7) is 3.49. The number of nitrogens with two attached hydrogens (primary N) is 1. The maximum Gasteiger partial charge on any atom is 0.255 e. The van der Waals surface area contributed by atoms with E-state index in [1.54, 1.807) is 49.0 Å². The van der Waals surface area contributed by atoms with E-state index in [2.05, 4.69) is 10.4 Å². The smallest absolute Gasteiger partial charge is 0.255 e. The van der Waals surface area contributed by atoms with Gasteiger partial charge >= 0.3 is 0 Å². The number of fused-ring (bicyclic) bond motifs is 1. The molecule has 4 N–H and O–H groups in total. The van der Waals surface area contributed by atoms with Gasteiger partial charge in [-0.2, -0.15) is 5.10 Å². The molecular formula is C28H34N4O5. The zero-order valence-corrected chi connectivity index (χ0v) is 21.3. The normalized spacial score (nSPS) is 20.0. The van der Waals surface area contributed by atoms with Crippen molar-refractivity contribution in [3.8, 4) is 11.5 Å². The monoisotopic (exact) mass is 506 g/mol. The lowest BCUT2D eigenvalue weighted by atomic mass is 9.92. The number of hydrogen-bond donors (Lipinski definition) is 3. The Morgan fingerprint density at radius 3 is 2.54 bits per heavy atom. The third-order valence-corrected chi connectivity index (χ3v) is 6.95. The lowest BCUT2D eigenvalue weighted by Crippen LogP contribution is -2.39. The molecule has 2 aromatic heterocycles. The standard InChI is InChI=1S/C28H34N4O5/c1-28(2,35)16-36-21-10-12-24-23(14-30-32(24)15-21)27(34)31-19-6-8-20(9-7-19)37-25-13-18(17-3-4-17)5-11-22(25)26(29)33/h5,10-15,17,19-20,35H,3-4,6-9,16H2,1-2H3,(H2,29,33)(H,31,34). The number of carbonyl (C=O) groups is 2. The van der Waals surface area contributed by atoms with Gasteiger partial charge in [0, 0.05) is 6.04 Å². The molecule has 5 rings (SSSR count). The number of carbonyl (C=O) groups excluding carboxylic acids is 2. The number of pyridine rings is 1. The van der Waals surface area contributed by atoms with Crippen molar-refractivity contribution in [1.29, 1.82) is 0 Å². The van der Waals surface area contributed by atoms with E-state index in [1.807, 2.05) is 12.1 Å². The van der Waals surface area contributed by atoms with E-state index in [1.165, 1.54) is 18.4 Å². The first-order chi connectivity index (χ1) is 17.7. The van der Waals surface area contributed by atoms with Crippen LogP contribution < -0.4 is 20.5 Å². The Kier molecular flexibility index (Phi) is 6.81. The highest BCUT2D eigenvalue weighted by Crippen LogP contribution is 2.42. The first-order valence-electron chi connectivity index (χ1n) is 12.9. The minimum atomic E-state index is -0.945. The molecule has 2 heterocycles. The summed E-state index contributed by atoms with van der Waals surface area (Å²) in [5, 5.41) is 17.3. The van der Waals surface area contributed by atoms with Crippen LogP contribution in [0.1, 0.15) is 84.6 Å². The molecule has 2 saturated carbocycles. The second-order valence-corrected chi connectivity index (χ2v) is 10.8. The highest BCUT2D eigenvalue weighted by Gasteiger charge is 2.28. The molecule has 9 nitrogen and oxygen atoms in total. The number of nitrogens with one attached hydrogen (secondary N) is 1. The molecule has 0 unspecified atom stereocenters. The molecule has 9 heteroatoms. The van der Waals surface area contributed by atoms with Crippen LogP contribution in [0.2, 0.25) is 0 Å². The van der Waals surface area contributed by atoms with E-state index in [0.29, 0.717) is 34.1 Å². The van der Waals surface area contributed by atoms with E-state index in [0.717, 1.165) is 25.7 Å². The van der Waals surface area contributed by atoms with Crippen molar-refractivity contribution in [3.05, 3.63) is 59.4 Å². The van der Waals surface area contributed by atoms with E-state index >= 15 is 0 Å². The third kappa shape index (κ3) is 6.05. The van der Waals surface area contributed by atoms with Crippen LogP contribution in [0.15, 0.2) is 42.7 Å². The Balaban J connectivity index is 1.17. The molecular weight excluding hydrogens is 472 g/mol. The van der Waals surface area contributed by atoms with Crippen molar-refractivity contribution >= 4 is 17.3 Å². The van der Waals surface area contributed by atoms with Crippen molar-refractivity contribution in [2.24, 2.45) is 5.73 Å². The molecule has 37 heavy (non-hydrogen) atoms. The molecule has 2 fully saturated rings. The Labute approximate surface area is 215 Å². The highest BCUT2D eigenvalue weighted by atomic mass is 16.5. The number of hydrogen-bond acceptors (Lipinski definition) is 6. The zero-order chi connectivity index (χ0) is 26.2. The fourth-order valence-electron chi connectivity index (χ4n) is 4.76. The molecule has 2 aliphatic carbocycles. The molecule has 2 amide bonds. The molecule has 3 aromatic rings. The second-order valence-electron chi connectivity index (χ2n) is 10.8. The van der Waals surface area contributed by atoms with Crippen molar-refractivity contribution in [3.63, 3.8) is 0 Å². The fraction of sp³-hybridized carbons (Fsp3) is 0.464. The van der Waals surface area contributed by atoms with Crippen LogP contribution in [0, 0.1) is 0 Å². The first kappa shape index (κ1) is 25.1. The van der Waals surface area contributed by atoms with Crippen molar-refractivity contribution < 1.29 is 24.2 Å². The number of nitrogens with zero attached hydrogens (tertiary/aromatic N) is 2. The number of rotatable bonds is 9. The van der Waals surface area contributed by atoms with Crippen LogP contribution >= 0.6 is 0 Å². The largest absolute Gasteiger partial charge is 0.490 e. The number of ether oxygens (including phenoxy) is 2. The van der Waals surface area contributed by atoms with Crippen molar-refractivity contribution in [2.75, 3.05) is 6.61 Å². The quantitative estimate of drug-likeness (QED) is 0.407. The number of amides is 2. The second kappa shape index (κ2) is 10.0. The van der Waals surface area contributed by atoms with E-state index in [4.69, 9.17) is 15.2 Å². The minimum absolute atomic E-state index is 0.0278. The fourth-order valence-corrected chi connectivity index (χ4v) is 4.76. The molecule has 0 saturated heterocycles. The predicted octanol–water partition coefficient (Wildman–Crippen LogP) is 3.58. The number of benzene rings is 1. The van der Waals surface area contributed by atoms with Gasteiger partial charge in [0.25, 0.3) is 11.8 Å². The number of primary amides is 1. The Bertz CT molecular complexity index is 1300. The summed E-state index contributed by atoms with van der Waals surface area (Å²) in [4.78, 5) is 24.9. The lowest BCUT2D eigenvalue weighted by molar-refractivity contribution is 0.0283. The maximum absolute atomic E-state index is 13.0. The average molecular weight is 507 g/mol. The van der Waals surface area contributed by atoms with Gasteiger partial charge in [0.15, 0.2) is 0 Å². The molecule has 0 atom stereocenters. The maximum atomic E-state index is 13.0. The highest BCUT2D eigenvalue weighted by molar-refractivity contribution is 6.00. The van der Waals surface area contributed by atoms with Crippen LogP contribution in [0.4, 0.5) is 0 Å². The summed E-state index contributed by atoms with van der Waals surface area (Å²) >= 11 is 0. The minimum Gasteiger partial charge on any atom is -0.490 e. The molecule has 196 valence electrons. The van der Waals surface area contributed by atoms with Gasteiger partial charge in [0.2, 0.25) is 0 Å². The number of aliphatic hydroxyl groups is 1. The van der Waals surface area contributed by atoms with Gasteiger partial charge in [-0.05, 0) is 88.1 Å². The van der Waals surface area contributed by atoms with Gasteiger partial charge in [-0.3, -0.25) is 9.59 Å². The summed E-state index contributed by atoms with van der Waals surface area (Å²) in [7, 11) is 0. The lowest BCUT2D eigenvalue weighted by Gasteiger charge is -2.30. The van der Waals surface area contributed by atoms with Crippen LogP contribution in [-0.4, -0.2) is 50.9 Å². The average Bonchev–Trinajstić information content (AvgIpc) is 3.62. The molecule has 0 spiro atoms. The summed E-state index contributed by atoms with van der Waals surface area (Å²) in [6.07, 6.45) is 8.66. The van der Waals surface area contributed by atoms with Gasteiger partial charge in [0.05, 0.1) is 40.7 Å². The van der Waals surface area contributed by atoms with Gasteiger partial charge in [-0.15, -0.1) is 0 Å². The molecule has 0 radical (unpaired) electrons. The molecule has 0 bridgehead atoms. The van der Waals surface area contributed by atoms with Crippen LogP contribution in [0.3, 0.4) is 0 Å². The summed E-state index contributed by atoms with van der Waals surface area (Å²) in [5.74, 6) is 1.04. The van der Waals surface area contributed by atoms with Crippen molar-refractivity contribution in [2.45, 2.75) is 76.0 Å². The SMILES string of the molecule is CC(C)(O)COc1ccc2c(C(=O)NC3CCC(Oc4cc(C5CC5)ccc4C(N)=O)CC3)cnn2c1. The summed E-state index contributed by atoms with van der Waals surface area (Å²) in [6, 6.07) is 9.30. The summed E-state index contributed by atoms with van der Waals surface area (Å²) < 4.78 is 13.5. The Hall–Kier alpha value is -3.59. The Morgan fingerprint density at radius 1 is 1.11 bits per heavy atom. The topological polar surface area (TPSA) is 128 Å². The van der Waals surface area contributed by atoms with E-state index in [-0.39, 0.29) is 24.7 Å². The first-order valence-corrected chi connectivity index (χ1v) is 12.9. The number of aromatic nitrogens is 2. The molecule has 0 aliphatic heterocycles. The van der Waals surface area contributed by atoms with E-state index < -0.39 is 11.5 Å². The van der Waals surface area contributed by atoms with E-state index in [9.17, 15) is 14.7 Å². The van der Waals surface area contributed by atoms with Crippen molar-refractivity contribution in [1.82, 2.24) is 14.9 Å². The Morgan fingerprint density at radius 2 is 1.86 bits per heavy atom. The van der Waals surface area contributed by atoms with Gasteiger partial charge < -0.3 is 25.6 Å². The predicted molar refractivity (Wildman–Crippen MR) is 138 cm³/mol. The van der Waals surface area contributed by atoms with Crippen LogP contribution in [-0.2, 0) is 0 Å². The van der Waals surface area contributed by atoms with Gasteiger partial charge in [-0.1, -0.05) is 6.07 Å². The summed E-state index contributed by atoms with van der Waals surface area (Å²) in [5.41, 5.74) is 7.42. The van der Waals surface area contributed by atoms with Gasteiger partial charge in [0.1, 0.15) is 18.1 Å².